The van der Waals surface area contributed by atoms with E-state index < -0.39 is 0 Å². The van der Waals surface area contributed by atoms with Gasteiger partial charge in [-0.05, 0) is 38.1 Å². The fourth-order valence-electron chi connectivity index (χ4n) is 3.45. The minimum atomic E-state index is 0.417. The molecule has 4 heterocycles. The number of hydrogen-bond acceptors (Lipinski definition) is 4. The maximum atomic E-state index is 6.46. The molecule has 0 spiro atoms. The third kappa shape index (κ3) is 3.19. The summed E-state index contributed by atoms with van der Waals surface area (Å²) in [6.07, 6.45) is 3.62. The Morgan fingerprint density at radius 3 is 2.64 bits per heavy atom. The third-order valence-corrected chi connectivity index (χ3v) is 4.99. The van der Waals surface area contributed by atoms with E-state index in [2.05, 4.69) is 29.2 Å². The van der Waals surface area contributed by atoms with E-state index >= 15 is 0 Å². The molecule has 1 aliphatic heterocycles. The van der Waals surface area contributed by atoms with Crippen LogP contribution in [-0.2, 0) is 0 Å². The topological polar surface area (TPSA) is 45.5 Å². The molecule has 0 saturated carbocycles. The number of anilines is 1. The molecule has 0 amide bonds. The number of halogens is 2. The van der Waals surface area contributed by atoms with Gasteiger partial charge in [-0.2, -0.15) is 5.10 Å². The summed E-state index contributed by atoms with van der Waals surface area (Å²) in [6, 6.07) is 8.41. The molecule has 25 heavy (non-hydrogen) atoms. The van der Waals surface area contributed by atoms with Gasteiger partial charge in [0.05, 0.1) is 22.4 Å². The van der Waals surface area contributed by atoms with Crippen LogP contribution in [-0.4, -0.2) is 39.8 Å². The zero-order chi connectivity index (χ0) is 17.6. The van der Waals surface area contributed by atoms with Crippen molar-refractivity contribution < 1.29 is 0 Å². The number of piperazine rings is 1. The lowest BCUT2D eigenvalue weighted by molar-refractivity contribution is 0.405. The first kappa shape index (κ1) is 16.6. The maximum absolute atomic E-state index is 6.46. The fraction of sp³-hybridized carbons (Fsp3) is 0.333. The van der Waals surface area contributed by atoms with Gasteiger partial charge in [0.15, 0.2) is 0 Å². The molecule has 1 fully saturated rings. The second-order valence-corrected chi connectivity index (χ2v) is 7.45. The highest BCUT2D eigenvalue weighted by molar-refractivity contribution is 6.33. The Hall–Kier alpha value is -1.82. The van der Waals surface area contributed by atoms with E-state index in [1.807, 2.05) is 24.4 Å². The Labute approximate surface area is 156 Å². The van der Waals surface area contributed by atoms with Gasteiger partial charge in [-0.3, -0.25) is 0 Å². The van der Waals surface area contributed by atoms with Gasteiger partial charge in [0.25, 0.3) is 0 Å². The Morgan fingerprint density at radius 2 is 1.88 bits per heavy atom. The van der Waals surface area contributed by atoms with Gasteiger partial charge in [-0.15, -0.1) is 0 Å². The van der Waals surface area contributed by atoms with Crippen molar-refractivity contribution in [3.05, 3.63) is 46.7 Å². The molecule has 3 aromatic rings. The lowest BCUT2D eigenvalue weighted by Gasteiger charge is -2.37. The molecule has 0 bridgehead atoms. The van der Waals surface area contributed by atoms with Gasteiger partial charge in [0.2, 0.25) is 0 Å². The van der Waals surface area contributed by atoms with Crippen molar-refractivity contribution in [1.29, 1.82) is 0 Å². The van der Waals surface area contributed by atoms with Gasteiger partial charge < -0.3 is 10.2 Å². The molecule has 4 rings (SSSR count). The van der Waals surface area contributed by atoms with Crippen molar-refractivity contribution in [2.24, 2.45) is 0 Å². The predicted octanol–water partition coefficient (Wildman–Crippen LogP) is 3.89. The fourth-order valence-corrected chi connectivity index (χ4v) is 3.81. The van der Waals surface area contributed by atoms with Crippen molar-refractivity contribution in [1.82, 2.24) is 19.9 Å². The van der Waals surface area contributed by atoms with Crippen molar-refractivity contribution in [3.63, 3.8) is 0 Å². The highest BCUT2D eigenvalue weighted by atomic mass is 35.5. The quantitative estimate of drug-likeness (QED) is 0.737. The lowest BCUT2D eigenvalue weighted by Crippen LogP contribution is -2.54. The van der Waals surface area contributed by atoms with E-state index in [1.165, 1.54) is 0 Å². The van der Waals surface area contributed by atoms with Crippen molar-refractivity contribution >= 4 is 34.5 Å². The summed E-state index contributed by atoms with van der Waals surface area (Å²) < 4.78 is 1.78. The van der Waals surface area contributed by atoms with Crippen LogP contribution in [0.25, 0.3) is 16.8 Å². The Kier molecular flexibility index (Phi) is 4.31. The maximum Gasteiger partial charge on any atom is 0.129 e. The molecular weight excluding hydrogens is 357 g/mol. The van der Waals surface area contributed by atoms with E-state index in [4.69, 9.17) is 28.2 Å². The third-order valence-electron chi connectivity index (χ3n) is 4.45. The van der Waals surface area contributed by atoms with Gasteiger partial charge in [0, 0.05) is 42.0 Å². The van der Waals surface area contributed by atoms with E-state index in [-0.39, 0.29) is 0 Å². The Bertz CT molecular complexity index is 913. The van der Waals surface area contributed by atoms with Crippen LogP contribution in [0.2, 0.25) is 10.0 Å². The first-order valence-electron chi connectivity index (χ1n) is 8.32. The number of nitrogens with zero attached hydrogens (tertiary/aromatic N) is 4. The molecule has 0 unspecified atom stereocenters. The number of aromatic nitrogens is 3. The van der Waals surface area contributed by atoms with E-state index in [0.29, 0.717) is 22.1 Å². The largest absolute Gasteiger partial charge is 0.353 e. The van der Waals surface area contributed by atoms with Gasteiger partial charge in [-0.1, -0.05) is 23.2 Å². The highest BCUT2D eigenvalue weighted by Gasteiger charge is 2.23. The van der Waals surface area contributed by atoms with Crippen LogP contribution in [0.3, 0.4) is 0 Å². The van der Waals surface area contributed by atoms with Crippen LogP contribution in [0.4, 0.5) is 5.82 Å². The summed E-state index contributed by atoms with van der Waals surface area (Å²) in [5.74, 6) is 0.931. The highest BCUT2D eigenvalue weighted by Crippen LogP contribution is 2.32. The summed E-state index contributed by atoms with van der Waals surface area (Å²) >= 11 is 12.6. The molecule has 0 aliphatic carbocycles. The molecule has 130 valence electrons. The van der Waals surface area contributed by atoms with Crippen LogP contribution in [0.5, 0.6) is 0 Å². The van der Waals surface area contributed by atoms with Crippen molar-refractivity contribution in [3.8, 4) is 11.3 Å². The van der Waals surface area contributed by atoms with Crippen molar-refractivity contribution in [2.75, 3.05) is 18.0 Å². The molecule has 0 aromatic carbocycles. The number of rotatable bonds is 2. The molecule has 1 N–H and O–H groups in total. The summed E-state index contributed by atoms with van der Waals surface area (Å²) in [7, 11) is 0. The summed E-state index contributed by atoms with van der Waals surface area (Å²) in [6.45, 7) is 6.21. The minimum absolute atomic E-state index is 0.417. The van der Waals surface area contributed by atoms with Gasteiger partial charge in [0.1, 0.15) is 5.82 Å². The van der Waals surface area contributed by atoms with Crippen LogP contribution in [0, 0.1) is 0 Å². The van der Waals surface area contributed by atoms with Crippen LogP contribution >= 0.6 is 23.2 Å². The molecule has 0 radical (unpaired) electrons. The van der Waals surface area contributed by atoms with Crippen molar-refractivity contribution in [2.45, 2.75) is 25.9 Å². The van der Waals surface area contributed by atoms with Crippen LogP contribution < -0.4 is 10.2 Å². The average molecular weight is 376 g/mol. The monoisotopic (exact) mass is 375 g/mol. The van der Waals surface area contributed by atoms with E-state index in [0.717, 1.165) is 35.7 Å². The Morgan fingerprint density at radius 1 is 1.12 bits per heavy atom. The van der Waals surface area contributed by atoms with Crippen LogP contribution in [0.1, 0.15) is 13.8 Å². The zero-order valence-electron chi connectivity index (χ0n) is 14.1. The first-order valence-corrected chi connectivity index (χ1v) is 9.07. The molecular formula is C18H19Cl2N5. The summed E-state index contributed by atoms with van der Waals surface area (Å²) in [4.78, 5) is 7.15. The van der Waals surface area contributed by atoms with Crippen LogP contribution in [0.15, 0.2) is 36.7 Å². The molecule has 1 aliphatic rings. The zero-order valence-corrected chi connectivity index (χ0v) is 15.6. The normalized spacial score (nSPS) is 21.0. The van der Waals surface area contributed by atoms with Gasteiger partial charge >= 0.3 is 0 Å². The lowest BCUT2D eigenvalue weighted by atomic mass is 10.1. The number of hydrogen-bond donors (Lipinski definition) is 1. The second-order valence-electron chi connectivity index (χ2n) is 6.61. The standard InChI is InChI=1S/C18H19Cl2N5/c1-11-9-24(10-12(2)22-11)17-4-3-15(20)18(23-17)14-8-21-25-6-5-13(19)7-16(14)25/h3-8,11-12,22H,9-10H2,1-2H3/t11-,12+. The second kappa shape index (κ2) is 6.48. The molecule has 7 heteroatoms. The molecule has 2 atom stereocenters. The minimum Gasteiger partial charge on any atom is -0.353 e. The summed E-state index contributed by atoms with van der Waals surface area (Å²) in [5, 5.41) is 9.18. The van der Waals surface area contributed by atoms with Gasteiger partial charge in [-0.25, -0.2) is 9.50 Å². The van der Waals surface area contributed by atoms with E-state index in [1.54, 1.807) is 16.8 Å². The smallest absolute Gasteiger partial charge is 0.129 e. The number of fused-ring (bicyclic) bond motifs is 1. The summed E-state index contributed by atoms with van der Waals surface area (Å²) in [5.41, 5.74) is 2.50. The number of pyridine rings is 2. The molecule has 5 nitrogen and oxygen atoms in total. The van der Waals surface area contributed by atoms with E-state index in [9.17, 15) is 0 Å². The SMILES string of the molecule is C[C@@H]1CN(c2ccc(Cl)c(-c3cnn4ccc(Cl)cc34)n2)C[C@H](C)N1. The Balaban J connectivity index is 1.78. The number of nitrogens with one attached hydrogen (secondary N) is 1. The molecule has 1 saturated heterocycles. The average Bonchev–Trinajstić information content (AvgIpc) is 2.97. The predicted molar refractivity (Wildman–Crippen MR) is 103 cm³/mol. The molecule has 3 aromatic heterocycles. The first-order chi connectivity index (χ1) is 12.0.